The first-order valence-corrected chi connectivity index (χ1v) is 10.4. The quantitative estimate of drug-likeness (QED) is 0.337. The highest BCUT2D eigenvalue weighted by Crippen LogP contribution is 2.27. The van der Waals surface area contributed by atoms with Gasteiger partial charge in [-0.2, -0.15) is 11.8 Å². The molecule has 0 bridgehead atoms. The van der Waals surface area contributed by atoms with Crippen LogP contribution < -0.4 is 20.1 Å². The molecule has 0 atom stereocenters. The third-order valence-electron chi connectivity index (χ3n) is 3.75. The number of hydrogen-bond donors (Lipinski definition) is 2. The van der Waals surface area contributed by atoms with Gasteiger partial charge in [0.1, 0.15) is 0 Å². The van der Waals surface area contributed by atoms with Gasteiger partial charge in [-0.3, -0.25) is 4.99 Å². The molecule has 0 aliphatic heterocycles. The Hall–Kier alpha value is -1.56. The third kappa shape index (κ3) is 8.91. The van der Waals surface area contributed by atoms with E-state index in [0.29, 0.717) is 0 Å². The maximum atomic E-state index is 5.35. The van der Waals surface area contributed by atoms with Crippen molar-refractivity contribution in [1.82, 2.24) is 10.6 Å². The van der Waals surface area contributed by atoms with Crippen LogP contribution in [0, 0.1) is 0 Å². The highest BCUT2D eigenvalue weighted by atomic mass is 32.2. The molecule has 0 radical (unpaired) electrons. The van der Waals surface area contributed by atoms with Gasteiger partial charge < -0.3 is 20.1 Å². The van der Waals surface area contributed by atoms with E-state index in [9.17, 15) is 0 Å². The van der Waals surface area contributed by atoms with Gasteiger partial charge in [0, 0.05) is 19.6 Å². The molecule has 0 unspecified atom stereocenters. The maximum absolute atomic E-state index is 5.35. The van der Waals surface area contributed by atoms with Gasteiger partial charge in [-0.25, -0.2) is 0 Å². The molecule has 0 aliphatic carbocycles. The lowest BCUT2D eigenvalue weighted by molar-refractivity contribution is 0.354. The van der Waals surface area contributed by atoms with Crippen molar-refractivity contribution in [2.45, 2.75) is 32.6 Å². The Labute approximate surface area is 157 Å². The monoisotopic (exact) mass is 367 g/mol. The average molecular weight is 368 g/mol. The van der Waals surface area contributed by atoms with E-state index in [0.717, 1.165) is 49.9 Å². The topological polar surface area (TPSA) is 54.9 Å². The number of nitrogens with one attached hydrogen (secondary N) is 2. The zero-order chi connectivity index (χ0) is 18.3. The minimum Gasteiger partial charge on any atom is -0.493 e. The molecule has 1 aromatic rings. The Morgan fingerprint density at radius 1 is 1.08 bits per heavy atom. The Morgan fingerprint density at radius 2 is 1.88 bits per heavy atom. The second kappa shape index (κ2) is 13.7. The van der Waals surface area contributed by atoms with E-state index in [2.05, 4.69) is 34.9 Å². The van der Waals surface area contributed by atoms with Crippen molar-refractivity contribution in [3.63, 3.8) is 0 Å². The van der Waals surface area contributed by atoms with Gasteiger partial charge in [0.25, 0.3) is 0 Å². The summed E-state index contributed by atoms with van der Waals surface area (Å²) in [7, 11) is 3.32. The van der Waals surface area contributed by atoms with Gasteiger partial charge >= 0.3 is 0 Å². The largest absolute Gasteiger partial charge is 0.493 e. The second-order valence-corrected chi connectivity index (χ2v) is 6.67. The first kappa shape index (κ1) is 21.5. The smallest absolute Gasteiger partial charge is 0.191 e. The van der Waals surface area contributed by atoms with Crippen LogP contribution in [0.15, 0.2) is 23.2 Å². The lowest BCUT2D eigenvalue weighted by atomic mass is 10.1. The van der Waals surface area contributed by atoms with Gasteiger partial charge in [0.05, 0.1) is 14.2 Å². The molecular weight excluding hydrogens is 334 g/mol. The van der Waals surface area contributed by atoms with E-state index in [1.807, 2.05) is 23.9 Å². The number of rotatable bonds is 12. The summed E-state index contributed by atoms with van der Waals surface area (Å²) in [4.78, 5) is 4.66. The van der Waals surface area contributed by atoms with Crippen LogP contribution in [0.5, 0.6) is 11.5 Å². The highest BCUT2D eigenvalue weighted by Gasteiger charge is 2.04. The van der Waals surface area contributed by atoms with Crippen LogP contribution >= 0.6 is 11.8 Å². The standard InChI is InChI=1S/C19H33N3O2S/c1-5-20-19(21-12-6-7-14-25-4)22-13-8-9-16-10-11-17(23-2)18(15-16)24-3/h10-11,15H,5-9,12-14H2,1-4H3,(H2,20,21,22). The molecule has 0 heterocycles. The summed E-state index contributed by atoms with van der Waals surface area (Å²) in [6.45, 7) is 4.75. The number of aryl methyl sites for hydroxylation is 1. The molecule has 25 heavy (non-hydrogen) atoms. The van der Waals surface area contributed by atoms with Crippen molar-refractivity contribution in [2.75, 3.05) is 45.9 Å². The fourth-order valence-electron chi connectivity index (χ4n) is 2.43. The summed E-state index contributed by atoms with van der Waals surface area (Å²) in [5, 5.41) is 6.71. The molecular formula is C19H33N3O2S. The number of benzene rings is 1. The molecule has 142 valence electrons. The van der Waals surface area contributed by atoms with Crippen molar-refractivity contribution in [1.29, 1.82) is 0 Å². The molecule has 1 rings (SSSR count). The Morgan fingerprint density at radius 3 is 2.56 bits per heavy atom. The summed E-state index contributed by atoms with van der Waals surface area (Å²) in [5.74, 6) is 3.69. The Balaban J connectivity index is 2.39. The number of aliphatic imine (C=N–C) groups is 1. The van der Waals surface area contributed by atoms with Crippen molar-refractivity contribution in [2.24, 2.45) is 4.99 Å². The van der Waals surface area contributed by atoms with E-state index in [-0.39, 0.29) is 0 Å². The zero-order valence-corrected chi connectivity index (χ0v) is 16.9. The number of ether oxygens (including phenoxy) is 2. The molecule has 0 spiro atoms. The van der Waals surface area contributed by atoms with Gasteiger partial charge in [-0.1, -0.05) is 6.07 Å². The van der Waals surface area contributed by atoms with E-state index in [4.69, 9.17) is 9.47 Å². The summed E-state index contributed by atoms with van der Waals surface area (Å²) >= 11 is 1.90. The van der Waals surface area contributed by atoms with Gasteiger partial charge in [-0.15, -0.1) is 0 Å². The van der Waals surface area contributed by atoms with Crippen molar-refractivity contribution in [3.8, 4) is 11.5 Å². The SMILES string of the molecule is CCNC(=NCCCc1ccc(OC)c(OC)c1)NCCCCSC. The molecule has 6 heteroatoms. The summed E-state index contributed by atoms with van der Waals surface area (Å²) in [6.07, 6.45) is 6.54. The molecule has 0 saturated heterocycles. The van der Waals surface area contributed by atoms with Crippen LogP contribution in [-0.4, -0.2) is 51.8 Å². The Kier molecular flexibility index (Phi) is 11.8. The first-order chi connectivity index (χ1) is 12.2. The number of nitrogens with zero attached hydrogens (tertiary/aromatic N) is 1. The Bertz CT molecular complexity index is 509. The second-order valence-electron chi connectivity index (χ2n) is 5.68. The molecule has 0 amide bonds. The van der Waals surface area contributed by atoms with Crippen LogP contribution in [0.1, 0.15) is 31.7 Å². The zero-order valence-electron chi connectivity index (χ0n) is 16.1. The normalized spacial score (nSPS) is 11.3. The van der Waals surface area contributed by atoms with Crippen LogP contribution in [0.25, 0.3) is 0 Å². The summed E-state index contributed by atoms with van der Waals surface area (Å²) < 4.78 is 10.6. The fourth-order valence-corrected chi connectivity index (χ4v) is 2.92. The maximum Gasteiger partial charge on any atom is 0.191 e. The van der Waals surface area contributed by atoms with Crippen LogP contribution in [0.3, 0.4) is 0 Å². The van der Waals surface area contributed by atoms with E-state index in [1.54, 1.807) is 14.2 Å². The molecule has 2 N–H and O–H groups in total. The van der Waals surface area contributed by atoms with Crippen LogP contribution in [0.2, 0.25) is 0 Å². The molecule has 0 aliphatic rings. The predicted molar refractivity (Wildman–Crippen MR) is 109 cm³/mol. The highest BCUT2D eigenvalue weighted by molar-refractivity contribution is 7.98. The molecule has 5 nitrogen and oxygen atoms in total. The summed E-state index contributed by atoms with van der Waals surface area (Å²) in [6, 6.07) is 6.08. The summed E-state index contributed by atoms with van der Waals surface area (Å²) in [5.41, 5.74) is 1.24. The van der Waals surface area contributed by atoms with Crippen LogP contribution in [-0.2, 0) is 6.42 Å². The number of guanidine groups is 1. The first-order valence-electron chi connectivity index (χ1n) is 8.97. The number of methoxy groups -OCH3 is 2. The van der Waals surface area contributed by atoms with E-state index < -0.39 is 0 Å². The molecule has 0 saturated carbocycles. The fraction of sp³-hybridized carbons (Fsp3) is 0.632. The lowest BCUT2D eigenvalue weighted by Gasteiger charge is -2.11. The van der Waals surface area contributed by atoms with Crippen molar-refractivity contribution in [3.05, 3.63) is 23.8 Å². The van der Waals surface area contributed by atoms with Crippen molar-refractivity contribution < 1.29 is 9.47 Å². The lowest BCUT2D eigenvalue weighted by Crippen LogP contribution is -2.37. The van der Waals surface area contributed by atoms with Gasteiger partial charge in [-0.05, 0) is 62.3 Å². The molecule has 1 aromatic carbocycles. The van der Waals surface area contributed by atoms with E-state index in [1.165, 1.54) is 24.2 Å². The minimum atomic E-state index is 0.768. The number of unbranched alkanes of at least 4 members (excludes halogenated alkanes) is 1. The third-order valence-corrected chi connectivity index (χ3v) is 4.45. The average Bonchev–Trinajstić information content (AvgIpc) is 2.64. The molecule has 0 fully saturated rings. The van der Waals surface area contributed by atoms with E-state index >= 15 is 0 Å². The number of hydrogen-bond acceptors (Lipinski definition) is 4. The molecule has 0 aromatic heterocycles. The predicted octanol–water partition coefficient (Wildman–Crippen LogP) is 3.33. The van der Waals surface area contributed by atoms with Gasteiger partial charge in [0.15, 0.2) is 17.5 Å². The van der Waals surface area contributed by atoms with Crippen LogP contribution in [0.4, 0.5) is 0 Å². The van der Waals surface area contributed by atoms with Crippen molar-refractivity contribution >= 4 is 17.7 Å². The number of thioether (sulfide) groups is 1. The minimum absolute atomic E-state index is 0.768. The van der Waals surface area contributed by atoms with Gasteiger partial charge in [0.2, 0.25) is 0 Å².